The smallest absolute Gasteiger partial charge is 0.422 e. The van der Waals surface area contributed by atoms with Gasteiger partial charge in [0, 0.05) is 54.4 Å². The van der Waals surface area contributed by atoms with E-state index in [4.69, 9.17) is 11.6 Å². The van der Waals surface area contributed by atoms with Crippen LogP contribution in [0.2, 0.25) is 0 Å². The normalized spacial score (nSPS) is 18.2. The van der Waals surface area contributed by atoms with Crippen LogP contribution in [0.15, 0.2) is 36.4 Å². The van der Waals surface area contributed by atoms with Crippen molar-refractivity contribution in [2.24, 2.45) is 0 Å². The van der Waals surface area contributed by atoms with E-state index in [1.54, 1.807) is 43.4 Å². The third-order valence-electron chi connectivity index (χ3n) is 5.02. The van der Waals surface area contributed by atoms with Crippen LogP contribution >= 0.6 is 22.6 Å². The number of alkyl halides is 3. The second kappa shape index (κ2) is 11.3. The number of nitrogens with zero attached hydrogens (tertiary/aromatic N) is 2. The number of carbonyl (C=O) groups is 2. The van der Waals surface area contributed by atoms with E-state index in [0.717, 1.165) is 6.07 Å². The summed E-state index contributed by atoms with van der Waals surface area (Å²) in [4.78, 5) is 26.0. The Kier molecular flexibility index (Phi) is 6.83. The molecule has 2 aromatic rings. The van der Waals surface area contributed by atoms with Crippen molar-refractivity contribution >= 4 is 40.3 Å². The molecule has 0 unspecified atom stereocenters. The molecule has 0 bridgehead atoms. The molecule has 1 fully saturated rings. The minimum Gasteiger partial charge on any atom is -0.443 e. The largest absolute Gasteiger partial charge is 0.443 e. The number of amides is 2. The molecule has 11 heteroatoms. The monoisotopic (exact) mass is 623 g/mol. The van der Waals surface area contributed by atoms with Crippen molar-refractivity contribution < 1.29 is 34.4 Å². The zero-order chi connectivity index (χ0) is 31.0. The first-order valence-corrected chi connectivity index (χ1v) is 12.1. The third-order valence-corrected chi connectivity index (χ3v) is 5.91. The fraction of sp³-hybridized carbons (Fsp3) is 0.440. The summed E-state index contributed by atoms with van der Waals surface area (Å²) in [6, 6.07) is 6.72. The number of hydrazine groups is 1. The van der Waals surface area contributed by atoms with Gasteiger partial charge in [0.2, 0.25) is 0 Å². The highest BCUT2D eigenvalue weighted by atomic mass is 127. The molecular weight excluding hydrogens is 588 g/mol. The number of halogens is 4. The highest BCUT2D eigenvalue weighted by Crippen LogP contribution is 2.34. The number of carbonyl (C=O) groups excluding carboxylic acids is 2. The molecule has 2 aromatic carbocycles. The van der Waals surface area contributed by atoms with Crippen LogP contribution in [-0.2, 0) is 17.4 Å². The molecule has 0 radical (unpaired) electrons. The van der Waals surface area contributed by atoms with E-state index in [1.807, 2.05) is 0 Å². The minimum atomic E-state index is -4.93. The van der Waals surface area contributed by atoms with E-state index in [2.05, 4.69) is 10.7 Å². The Labute approximate surface area is 229 Å². The van der Waals surface area contributed by atoms with Gasteiger partial charge in [-0.25, -0.2) is 9.80 Å². The van der Waals surface area contributed by atoms with E-state index < -0.39 is 48.3 Å². The molecule has 0 saturated carbocycles. The first-order valence-electron chi connectivity index (χ1n) is 13.5. The summed E-state index contributed by atoms with van der Waals surface area (Å²) in [6.45, 7) is 0.528. The predicted octanol–water partition coefficient (Wildman–Crippen LogP) is 5.43. The summed E-state index contributed by atoms with van der Waals surface area (Å²) in [5.74, 6) is -0.752. The van der Waals surface area contributed by atoms with Crippen LogP contribution in [-0.4, -0.2) is 53.7 Å². The van der Waals surface area contributed by atoms with Crippen LogP contribution < -0.4 is 10.7 Å². The molecule has 2 amide bonds. The van der Waals surface area contributed by atoms with E-state index in [1.165, 1.54) is 34.2 Å². The van der Waals surface area contributed by atoms with Gasteiger partial charge in [-0.15, -0.1) is 0 Å². The van der Waals surface area contributed by atoms with Gasteiger partial charge in [-0.2, -0.15) is 13.2 Å². The van der Waals surface area contributed by atoms with Gasteiger partial charge in [-0.05, 0) is 85.6 Å². The van der Waals surface area contributed by atoms with Crippen molar-refractivity contribution in [1.29, 1.82) is 0 Å². The maximum atomic E-state index is 14.1. The van der Waals surface area contributed by atoms with Gasteiger partial charge in [0.15, 0.2) is 0 Å². The standard InChI is InChI=1S/C25H30F3IN4O3/c1-16-5-6-17(13-21(16)29)22(34)30-19-8-7-18(20(14-19)25(26,27)28)15-32-9-11-33(12-10-32)31-23(35)36-24(2,3)4/h5-8,13-14H,9-12,15H2,1-4H3,(H,30,34)(H,31,35)/i1D3,15D2. The van der Waals surface area contributed by atoms with Gasteiger partial charge < -0.3 is 10.1 Å². The number of anilines is 1. The first-order chi connectivity index (χ1) is 18.7. The minimum absolute atomic E-state index is 0.0173. The summed E-state index contributed by atoms with van der Waals surface area (Å²) in [6.07, 6.45) is -5.62. The molecule has 1 aliphatic rings. The number of nitrogens with one attached hydrogen (secondary N) is 2. The number of ether oxygens (including phenoxy) is 1. The lowest BCUT2D eigenvalue weighted by Crippen LogP contribution is -2.54. The molecule has 2 N–H and O–H groups in total. The van der Waals surface area contributed by atoms with Gasteiger partial charge in [0.05, 0.1) is 5.56 Å². The van der Waals surface area contributed by atoms with Crippen LogP contribution in [0.4, 0.5) is 23.7 Å². The molecule has 0 atom stereocenters. The van der Waals surface area contributed by atoms with Gasteiger partial charge >= 0.3 is 12.3 Å². The number of hydrogen-bond acceptors (Lipinski definition) is 5. The van der Waals surface area contributed by atoms with Crippen LogP contribution in [0.5, 0.6) is 0 Å². The summed E-state index contributed by atoms with van der Waals surface area (Å²) >= 11 is 1.77. The molecule has 1 aliphatic heterocycles. The van der Waals surface area contributed by atoms with Crippen molar-refractivity contribution in [3.05, 3.63) is 62.2 Å². The maximum Gasteiger partial charge on any atom is 0.422 e. The Morgan fingerprint density at radius 1 is 1.11 bits per heavy atom. The molecule has 3 rings (SSSR count). The first kappa shape index (κ1) is 21.7. The Balaban J connectivity index is 1.77. The van der Waals surface area contributed by atoms with E-state index >= 15 is 0 Å². The Morgan fingerprint density at radius 3 is 2.39 bits per heavy atom. The SMILES string of the molecule is [2H]C([2H])([2H])c1ccc(C(=O)Nc2ccc(C([2H])([2H])N3CCN(NC(=O)OC(C)(C)C)CC3)c(C(F)(F)F)c2)cc1I. The van der Waals surface area contributed by atoms with E-state index in [0.29, 0.717) is 9.64 Å². The fourth-order valence-electron chi connectivity index (χ4n) is 3.34. The molecule has 1 saturated heterocycles. The number of aryl methyl sites for hydroxylation is 1. The predicted molar refractivity (Wildman–Crippen MR) is 140 cm³/mol. The molecule has 0 spiro atoms. The van der Waals surface area contributed by atoms with Gasteiger partial charge in [0.25, 0.3) is 5.91 Å². The molecule has 36 heavy (non-hydrogen) atoms. The lowest BCUT2D eigenvalue weighted by Gasteiger charge is -2.35. The Hall–Kier alpha value is -2.38. The highest BCUT2D eigenvalue weighted by molar-refractivity contribution is 14.1. The second-order valence-electron chi connectivity index (χ2n) is 9.11. The van der Waals surface area contributed by atoms with Gasteiger partial charge in [-0.3, -0.25) is 15.1 Å². The lowest BCUT2D eigenvalue weighted by atomic mass is 10.0. The summed E-state index contributed by atoms with van der Waals surface area (Å²) < 4.78 is 87.6. The molecule has 0 aromatic heterocycles. The second-order valence-corrected chi connectivity index (χ2v) is 10.3. The van der Waals surface area contributed by atoms with Crippen molar-refractivity contribution in [3.8, 4) is 0 Å². The zero-order valence-electron chi connectivity index (χ0n) is 24.9. The van der Waals surface area contributed by atoms with Crippen molar-refractivity contribution in [2.75, 3.05) is 31.5 Å². The summed E-state index contributed by atoms with van der Waals surface area (Å²) in [7, 11) is 0. The van der Waals surface area contributed by atoms with Crippen LogP contribution in [0.3, 0.4) is 0 Å². The van der Waals surface area contributed by atoms with Gasteiger partial charge in [0.1, 0.15) is 5.60 Å². The highest BCUT2D eigenvalue weighted by Gasteiger charge is 2.34. The van der Waals surface area contributed by atoms with Crippen molar-refractivity contribution in [1.82, 2.24) is 15.3 Å². The van der Waals surface area contributed by atoms with Crippen molar-refractivity contribution in [2.45, 2.75) is 45.9 Å². The maximum absolute atomic E-state index is 14.1. The number of hydrogen-bond donors (Lipinski definition) is 2. The molecule has 1 heterocycles. The van der Waals surface area contributed by atoms with Crippen molar-refractivity contribution in [3.63, 3.8) is 0 Å². The average molecular weight is 623 g/mol. The Morgan fingerprint density at radius 2 is 1.81 bits per heavy atom. The zero-order valence-corrected chi connectivity index (χ0v) is 22.1. The number of rotatable bonds is 5. The third kappa shape index (κ3) is 8.07. The van der Waals surface area contributed by atoms with E-state index in [9.17, 15) is 22.8 Å². The molecule has 196 valence electrons. The number of benzene rings is 2. The summed E-state index contributed by atoms with van der Waals surface area (Å²) in [5.41, 5.74) is -0.144. The Bertz CT molecular complexity index is 1290. The average Bonchev–Trinajstić information content (AvgIpc) is 2.81. The number of piperazine rings is 1. The van der Waals surface area contributed by atoms with Crippen LogP contribution in [0, 0.1) is 10.4 Å². The van der Waals surface area contributed by atoms with Crippen LogP contribution in [0.25, 0.3) is 0 Å². The molecular formula is C25H30F3IN4O3. The topological polar surface area (TPSA) is 73.9 Å². The van der Waals surface area contributed by atoms with Gasteiger partial charge in [-0.1, -0.05) is 12.1 Å². The lowest BCUT2D eigenvalue weighted by molar-refractivity contribution is -0.138. The van der Waals surface area contributed by atoms with E-state index in [-0.39, 0.29) is 43.0 Å². The molecule has 0 aliphatic carbocycles. The quantitative estimate of drug-likeness (QED) is 0.435. The fourth-order valence-corrected chi connectivity index (χ4v) is 3.86. The molecule has 7 nitrogen and oxygen atoms in total. The van der Waals surface area contributed by atoms with Crippen LogP contribution in [0.1, 0.15) is 54.7 Å². The summed E-state index contributed by atoms with van der Waals surface area (Å²) in [5, 5.41) is 3.89.